The van der Waals surface area contributed by atoms with E-state index in [1.807, 2.05) is 13.0 Å². The number of aromatic nitrogens is 4. The maximum absolute atomic E-state index is 4.36. The zero-order chi connectivity index (χ0) is 10.8. The summed E-state index contributed by atoms with van der Waals surface area (Å²) < 4.78 is 1.78. The van der Waals surface area contributed by atoms with Crippen LogP contribution in [0.25, 0.3) is 5.65 Å². The molecule has 0 bridgehead atoms. The molecule has 5 nitrogen and oxygen atoms in total. The zero-order valence-electron chi connectivity index (χ0n) is 9.30. The van der Waals surface area contributed by atoms with Crippen LogP contribution >= 0.6 is 0 Å². The van der Waals surface area contributed by atoms with Gasteiger partial charge in [0.15, 0.2) is 5.65 Å². The largest absolute Gasteiger partial charge is 0.357 e. The third-order valence-electron chi connectivity index (χ3n) is 2.46. The highest BCUT2D eigenvalue weighted by atomic mass is 15.4. The van der Waals surface area contributed by atoms with Crippen LogP contribution in [0.15, 0.2) is 12.3 Å². The molecule has 2 aromatic heterocycles. The van der Waals surface area contributed by atoms with Gasteiger partial charge in [-0.15, -0.1) is 5.10 Å². The molecule has 5 heteroatoms. The lowest BCUT2D eigenvalue weighted by Gasteiger charge is -2.21. The van der Waals surface area contributed by atoms with E-state index in [4.69, 9.17) is 0 Å². The molecule has 0 aliphatic carbocycles. The minimum Gasteiger partial charge on any atom is -0.357 e. The molecule has 0 N–H and O–H groups in total. The standard InChI is InChI=1S/C10H15N5/c1-4-14(5-2)10-6-8(3)12-9-7-11-13-15(9)10/h6-7H,4-5H2,1-3H3. The number of fused-ring (bicyclic) bond motifs is 1. The van der Waals surface area contributed by atoms with Gasteiger partial charge in [-0.3, -0.25) is 0 Å². The summed E-state index contributed by atoms with van der Waals surface area (Å²) in [6.45, 7) is 8.15. The molecule has 0 amide bonds. The van der Waals surface area contributed by atoms with Crippen LogP contribution < -0.4 is 4.90 Å². The Morgan fingerprint density at radius 2 is 2.07 bits per heavy atom. The van der Waals surface area contributed by atoms with Gasteiger partial charge in [0, 0.05) is 24.8 Å². The summed E-state index contributed by atoms with van der Waals surface area (Å²) >= 11 is 0. The fourth-order valence-corrected chi connectivity index (χ4v) is 1.70. The van der Waals surface area contributed by atoms with Crippen LogP contribution in [0.2, 0.25) is 0 Å². The number of nitrogens with zero attached hydrogens (tertiary/aromatic N) is 5. The van der Waals surface area contributed by atoms with Crippen LogP contribution in [0.3, 0.4) is 0 Å². The molecule has 0 fully saturated rings. The molecular formula is C10H15N5. The summed E-state index contributed by atoms with van der Waals surface area (Å²) in [5.41, 5.74) is 1.80. The second-order valence-corrected chi connectivity index (χ2v) is 3.43. The maximum Gasteiger partial charge on any atom is 0.178 e. The molecule has 0 spiro atoms. The van der Waals surface area contributed by atoms with Crippen molar-refractivity contribution in [1.82, 2.24) is 19.8 Å². The average molecular weight is 205 g/mol. The van der Waals surface area contributed by atoms with Crippen molar-refractivity contribution in [2.24, 2.45) is 0 Å². The van der Waals surface area contributed by atoms with Gasteiger partial charge in [-0.05, 0) is 20.8 Å². The quantitative estimate of drug-likeness (QED) is 0.757. The number of anilines is 1. The van der Waals surface area contributed by atoms with Gasteiger partial charge in [-0.1, -0.05) is 5.21 Å². The second kappa shape index (κ2) is 3.84. The number of aryl methyl sites for hydroxylation is 1. The van der Waals surface area contributed by atoms with Crippen molar-refractivity contribution in [3.8, 4) is 0 Å². The smallest absolute Gasteiger partial charge is 0.178 e. The van der Waals surface area contributed by atoms with Crippen molar-refractivity contribution in [2.45, 2.75) is 20.8 Å². The topological polar surface area (TPSA) is 46.3 Å². The third-order valence-corrected chi connectivity index (χ3v) is 2.46. The maximum atomic E-state index is 4.36. The molecule has 0 radical (unpaired) electrons. The Bertz CT molecular complexity index is 458. The monoisotopic (exact) mass is 205 g/mol. The van der Waals surface area contributed by atoms with Crippen molar-refractivity contribution in [3.05, 3.63) is 18.0 Å². The summed E-state index contributed by atoms with van der Waals surface area (Å²) in [5.74, 6) is 1.06. The first-order valence-electron chi connectivity index (χ1n) is 5.19. The van der Waals surface area contributed by atoms with E-state index in [9.17, 15) is 0 Å². The number of hydrogen-bond acceptors (Lipinski definition) is 4. The molecule has 2 aromatic rings. The van der Waals surface area contributed by atoms with E-state index in [2.05, 4.69) is 34.0 Å². The molecule has 0 aliphatic rings. The van der Waals surface area contributed by atoms with Crippen LogP contribution in [0.5, 0.6) is 0 Å². The molecule has 0 atom stereocenters. The highest BCUT2D eigenvalue weighted by Crippen LogP contribution is 2.15. The first kappa shape index (κ1) is 9.89. The Balaban J connectivity index is 2.61. The van der Waals surface area contributed by atoms with E-state index < -0.39 is 0 Å². The minimum absolute atomic E-state index is 0.803. The minimum atomic E-state index is 0.803. The number of hydrogen-bond donors (Lipinski definition) is 0. The SMILES string of the molecule is CCN(CC)c1cc(C)nc2cnnn12. The van der Waals surface area contributed by atoms with E-state index in [-0.39, 0.29) is 0 Å². The third kappa shape index (κ3) is 1.65. The summed E-state index contributed by atoms with van der Waals surface area (Å²) in [6, 6.07) is 2.04. The molecule has 2 rings (SSSR count). The molecule has 0 aliphatic heterocycles. The Morgan fingerprint density at radius 1 is 1.33 bits per heavy atom. The van der Waals surface area contributed by atoms with Gasteiger partial charge >= 0.3 is 0 Å². The van der Waals surface area contributed by atoms with Gasteiger partial charge in [0.2, 0.25) is 0 Å². The molecule has 0 saturated heterocycles. The van der Waals surface area contributed by atoms with Gasteiger partial charge < -0.3 is 4.90 Å². The van der Waals surface area contributed by atoms with Gasteiger partial charge in [0.05, 0.1) is 6.20 Å². The zero-order valence-corrected chi connectivity index (χ0v) is 9.30. The van der Waals surface area contributed by atoms with Crippen LogP contribution in [0.1, 0.15) is 19.5 Å². The fraction of sp³-hybridized carbons (Fsp3) is 0.500. The van der Waals surface area contributed by atoms with Crippen molar-refractivity contribution in [3.63, 3.8) is 0 Å². The number of rotatable bonds is 3. The Labute approximate surface area is 88.7 Å². The molecular weight excluding hydrogens is 190 g/mol. The molecule has 0 saturated carbocycles. The van der Waals surface area contributed by atoms with Crippen LogP contribution in [-0.4, -0.2) is 32.9 Å². The Kier molecular flexibility index (Phi) is 2.53. The van der Waals surface area contributed by atoms with Crippen LogP contribution in [0, 0.1) is 6.92 Å². The summed E-state index contributed by atoms with van der Waals surface area (Å²) in [6.07, 6.45) is 1.68. The molecule has 2 heterocycles. The highest BCUT2D eigenvalue weighted by molar-refractivity contribution is 5.49. The predicted molar refractivity (Wildman–Crippen MR) is 59.1 cm³/mol. The Morgan fingerprint density at radius 3 is 2.73 bits per heavy atom. The van der Waals surface area contributed by atoms with E-state index in [0.29, 0.717) is 0 Å². The summed E-state index contributed by atoms with van der Waals surface area (Å²) in [4.78, 5) is 6.59. The molecule has 0 unspecified atom stereocenters. The van der Waals surface area contributed by atoms with Crippen LogP contribution in [0.4, 0.5) is 5.82 Å². The van der Waals surface area contributed by atoms with Crippen molar-refractivity contribution in [1.29, 1.82) is 0 Å². The van der Waals surface area contributed by atoms with E-state index in [0.717, 1.165) is 30.2 Å². The molecule has 15 heavy (non-hydrogen) atoms. The van der Waals surface area contributed by atoms with Crippen molar-refractivity contribution < 1.29 is 0 Å². The second-order valence-electron chi connectivity index (χ2n) is 3.43. The Hall–Kier alpha value is -1.65. The lowest BCUT2D eigenvalue weighted by atomic mass is 10.4. The lowest BCUT2D eigenvalue weighted by Crippen LogP contribution is -2.24. The molecule has 80 valence electrons. The highest BCUT2D eigenvalue weighted by Gasteiger charge is 2.09. The van der Waals surface area contributed by atoms with Gasteiger partial charge in [-0.2, -0.15) is 4.52 Å². The van der Waals surface area contributed by atoms with Crippen LogP contribution in [-0.2, 0) is 0 Å². The van der Waals surface area contributed by atoms with E-state index >= 15 is 0 Å². The van der Waals surface area contributed by atoms with Crippen molar-refractivity contribution >= 4 is 11.5 Å². The first-order valence-corrected chi connectivity index (χ1v) is 5.19. The predicted octanol–water partition coefficient (Wildman–Crippen LogP) is 1.28. The van der Waals surface area contributed by atoms with Gasteiger partial charge in [0.1, 0.15) is 5.82 Å². The van der Waals surface area contributed by atoms with E-state index in [1.54, 1.807) is 10.7 Å². The van der Waals surface area contributed by atoms with Gasteiger partial charge in [-0.25, -0.2) is 4.98 Å². The summed E-state index contributed by atoms with van der Waals surface area (Å²) in [5, 5.41) is 7.92. The normalized spacial score (nSPS) is 10.9. The molecule has 0 aromatic carbocycles. The van der Waals surface area contributed by atoms with Crippen molar-refractivity contribution in [2.75, 3.05) is 18.0 Å². The van der Waals surface area contributed by atoms with E-state index in [1.165, 1.54) is 0 Å². The average Bonchev–Trinajstić information content (AvgIpc) is 2.67. The van der Waals surface area contributed by atoms with Gasteiger partial charge in [0.25, 0.3) is 0 Å². The lowest BCUT2D eigenvalue weighted by molar-refractivity contribution is 0.770. The fourth-order valence-electron chi connectivity index (χ4n) is 1.70. The first-order chi connectivity index (χ1) is 7.26. The summed E-state index contributed by atoms with van der Waals surface area (Å²) in [7, 11) is 0.